The maximum atomic E-state index is 12.6. The number of carbonyl (C=O) groups excluding carboxylic acids is 1. The zero-order chi connectivity index (χ0) is 25.1. The van der Waals surface area contributed by atoms with Crippen LogP contribution in [0.1, 0.15) is 44.9 Å². The lowest BCUT2D eigenvalue weighted by molar-refractivity contribution is -0.190. The van der Waals surface area contributed by atoms with E-state index >= 15 is 0 Å². The Morgan fingerprint density at radius 2 is 2.06 bits per heavy atom. The fourth-order valence-corrected chi connectivity index (χ4v) is 3.66. The molecule has 1 aliphatic rings. The molecule has 1 aliphatic heterocycles. The van der Waals surface area contributed by atoms with Crippen molar-refractivity contribution in [2.24, 2.45) is 10.9 Å². The number of nitrogens with zero attached hydrogens (tertiary/aromatic N) is 1. The van der Waals surface area contributed by atoms with E-state index in [2.05, 4.69) is 18.0 Å². The van der Waals surface area contributed by atoms with Crippen molar-refractivity contribution in [2.45, 2.75) is 58.8 Å². The highest BCUT2D eigenvalue weighted by Gasteiger charge is 2.42. The molecule has 0 saturated carbocycles. The lowest BCUT2D eigenvalue weighted by Gasteiger charge is -2.40. The molecule has 0 amide bonds. The minimum Gasteiger partial charge on any atom is -0.507 e. The Morgan fingerprint density at radius 3 is 2.74 bits per heavy atom. The van der Waals surface area contributed by atoms with Crippen molar-refractivity contribution < 1.29 is 28.5 Å². The van der Waals surface area contributed by atoms with Gasteiger partial charge in [-0.1, -0.05) is 50.6 Å². The molecule has 1 aromatic heterocycles. The van der Waals surface area contributed by atoms with Gasteiger partial charge in [-0.15, -0.1) is 0 Å². The fourth-order valence-electron chi connectivity index (χ4n) is 3.66. The molecular weight excluding hydrogens is 438 g/mol. The van der Waals surface area contributed by atoms with Crippen LogP contribution >= 0.6 is 0 Å². The third kappa shape index (κ3) is 7.81. The number of aryl methyl sites for hydroxylation is 1. The maximum Gasteiger partial charge on any atom is 0.348 e. The summed E-state index contributed by atoms with van der Waals surface area (Å²) in [6, 6.07) is 1.30. The number of carbonyl (C=O) groups is 1. The number of unbranched alkanes of at least 4 members (excludes halogenated alkanes) is 1. The molecule has 186 valence electrons. The summed E-state index contributed by atoms with van der Waals surface area (Å²) in [6.07, 6.45) is 11.7. The Balaban J connectivity index is 2.11. The highest BCUT2D eigenvalue weighted by Crippen LogP contribution is 2.29. The van der Waals surface area contributed by atoms with Crippen molar-refractivity contribution in [2.75, 3.05) is 20.3 Å². The van der Waals surface area contributed by atoms with Gasteiger partial charge in [0.05, 0.1) is 6.61 Å². The largest absolute Gasteiger partial charge is 0.507 e. The van der Waals surface area contributed by atoms with Gasteiger partial charge in [-0.05, 0) is 25.8 Å². The Kier molecular flexibility index (Phi) is 11.0. The summed E-state index contributed by atoms with van der Waals surface area (Å²) >= 11 is 0. The molecule has 8 heteroatoms. The molecule has 1 saturated heterocycles. The molecule has 34 heavy (non-hydrogen) atoms. The Bertz CT molecular complexity index is 989. The number of hydrogen-bond acceptors (Lipinski definition) is 8. The third-order valence-electron chi connectivity index (χ3n) is 5.41. The molecule has 0 radical (unpaired) electrons. The van der Waals surface area contributed by atoms with E-state index in [0.29, 0.717) is 6.61 Å². The second kappa shape index (κ2) is 13.7. The Labute approximate surface area is 200 Å². The normalized spacial score (nSPS) is 23.9. The van der Waals surface area contributed by atoms with Crippen LogP contribution in [-0.2, 0) is 19.0 Å². The molecule has 0 aromatic carbocycles. The molecule has 2 heterocycles. The molecular formula is C26H35NO7. The highest BCUT2D eigenvalue weighted by molar-refractivity contribution is 5.84. The molecule has 1 N–H and O–H groups in total. The second-order valence-electron chi connectivity index (χ2n) is 8.31. The van der Waals surface area contributed by atoms with Crippen LogP contribution in [0.2, 0.25) is 0 Å². The molecule has 1 fully saturated rings. The first-order chi connectivity index (χ1) is 16.3. The van der Waals surface area contributed by atoms with Crippen molar-refractivity contribution in [1.29, 1.82) is 0 Å². The van der Waals surface area contributed by atoms with Crippen LogP contribution in [0, 0.1) is 12.8 Å². The summed E-state index contributed by atoms with van der Waals surface area (Å²) in [7, 11) is 1.58. The van der Waals surface area contributed by atoms with Crippen molar-refractivity contribution in [1.82, 2.24) is 0 Å². The van der Waals surface area contributed by atoms with Gasteiger partial charge in [0, 0.05) is 25.3 Å². The number of ether oxygens (including phenoxy) is 3. The van der Waals surface area contributed by atoms with E-state index in [-0.39, 0.29) is 35.6 Å². The summed E-state index contributed by atoms with van der Waals surface area (Å²) in [5.41, 5.74) is 0.0405. The van der Waals surface area contributed by atoms with E-state index in [1.54, 1.807) is 14.0 Å². The minimum absolute atomic E-state index is 0.0250. The zero-order valence-corrected chi connectivity index (χ0v) is 20.5. The van der Waals surface area contributed by atoms with Gasteiger partial charge < -0.3 is 23.7 Å². The number of aliphatic imine (C=N–C) groups is 1. The zero-order valence-electron chi connectivity index (χ0n) is 20.5. The third-order valence-corrected chi connectivity index (χ3v) is 5.41. The lowest BCUT2D eigenvalue weighted by Crippen LogP contribution is -2.52. The smallest absolute Gasteiger partial charge is 0.348 e. The van der Waals surface area contributed by atoms with Crippen LogP contribution in [0.4, 0.5) is 0 Å². The van der Waals surface area contributed by atoms with Crippen molar-refractivity contribution >= 4 is 12.2 Å². The fraction of sp³-hybridized carbons (Fsp3) is 0.500. The van der Waals surface area contributed by atoms with Crippen LogP contribution < -0.4 is 5.63 Å². The Morgan fingerprint density at radius 1 is 1.29 bits per heavy atom. The summed E-state index contributed by atoms with van der Waals surface area (Å²) < 4.78 is 22.3. The molecule has 1 aromatic rings. The second-order valence-corrected chi connectivity index (χ2v) is 8.31. The lowest BCUT2D eigenvalue weighted by atomic mass is 9.90. The van der Waals surface area contributed by atoms with Gasteiger partial charge >= 0.3 is 11.6 Å². The van der Waals surface area contributed by atoms with Crippen LogP contribution in [0.5, 0.6) is 5.75 Å². The SMILES string of the molecule is CCC/C=C/C=C/C=C(\C)[C@@H]1OC[C@H](C)[C@H](OC)[C@H]1OC(=O)CN=Cc1c(O)cc(C)oc1=O. The predicted molar refractivity (Wildman–Crippen MR) is 130 cm³/mol. The minimum atomic E-state index is -0.734. The van der Waals surface area contributed by atoms with E-state index in [1.807, 2.05) is 38.2 Å². The van der Waals surface area contributed by atoms with E-state index in [1.165, 1.54) is 6.07 Å². The molecule has 4 atom stereocenters. The quantitative estimate of drug-likeness (QED) is 0.312. The van der Waals surface area contributed by atoms with Crippen molar-refractivity contribution in [3.8, 4) is 5.75 Å². The number of methoxy groups -OCH3 is 1. The summed E-state index contributed by atoms with van der Waals surface area (Å²) in [6.45, 7) is 7.70. The number of aromatic hydroxyl groups is 1. The van der Waals surface area contributed by atoms with E-state index in [0.717, 1.165) is 24.6 Å². The molecule has 8 nitrogen and oxygen atoms in total. The maximum absolute atomic E-state index is 12.6. The molecule has 0 spiro atoms. The van der Waals surface area contributed by atoms with Gasteiger partial charge in [-0.2, -0.15) is 0 Å². The molecule has 0 aliphatic carbocycles. The van der Waals surface area contributed by atoms with Gasteiger partial charge in [0.25, 0.3) is 0 Å². The van der Waals surface area contributed by atoms with Crippen LogP contribution in [-0.4, -0.2) is 55.9 Å². The number of hydrogen-bond donors (Lipinski definition) is 1. The number of esters is 1. The van der Waals surface area contributed by atoms with E-state index in [9.17, 15) is 14.7 Å². The monoisotopic (exact) mass is 473 g/mol. The topological polar surface area (TPSA) is 108 Å². The van der Waals surface area contributed by atoms with Crippen molar-refractivity contribution in [3.63, 3.8) is 0 Å². The average Bonchev–Trinajstić information content (AvgIpc) is 2.78. The molecule has 0 unspecified atom stereocenters. The number of rotatable bonds is 10. The molecule has 0 bridgehead atoms. The summed E-state index contributed by atoms with van der Waals surface area (Å²) in [5.74, 6) is -0.569. The molecule has 2 rings (SSSR count). The first kappa shape index (κ1) is 27.3. The summed E-state index contributed by atoms with van der Waals surface area (Å²) in [5, 5.41) is 9.90. The number of allylic oxidation sites excluding steroid dienone is 5. The van der Waals surface area contributed by atoms with Gasteiger partial charge in [-0.3, -0.25) is 9.79 Å². The Hall–Kier alpha value is -2.97. The van der Waals surface area contributed by atoms with Gasteiger partial charge in [0.1, 0.15) is 35.8 Å². The van der Waals surface area contributed by atoms with E-state index in [4.69, 9.17) is 18.6 Å². The summed E-state index contributed by atoms with van der Waals surface area (Å²) in [4.78, 5) is 28.4. The highest BCUT2D eigenvalue weighted by atomic mass is 16.6. The average molecular weight is 474 g/mol. The first-order valence-electron chi connectivity index (χ1n) is 11.5. The standard InChI is InChI=1S/C26H35NO7/c1-6-7-8-9-10-11-12-17(2)24-25(23(31-5)18(3)16-32-24)34-22(29)15-27-14-20-21(28)13-19(4)33-26(20)30/h8-14,18,23-25,28H,6-7,15-16H2,1-5H3/b9-8+,11-10+,17-12+,27-14?/t18-,23-,24-,25+/m0/s1. The van der Waals surface area contributed by atoms with Crippen molar-refractivity contribution in [3.05, 3.63) is 63.8 Å². The first-order valence-corrected chi connectivity index (χ1v) is 11.5. The van der Waals surface area contributed by atoms with Gasteiger partial charge in [0.2, 0.25) is 0 Å². The van der Waals surface area contributed by atoms with Crippen LogP contribution in [0.25, 0.3) is 0 Å². The van der Waals surface area contributed by atoms with E-state index < -0.39 is 23.8 Å². The predicted octanol–water partition coefficient (Wildman–Crippen LogP) is 3.89. The van der Waals surface area contributed by atoms with Gasteiger partial charge in [0.15, 0.2) is 6.10 Å². The van der Waals surface area contributed by atoms with Crippen LogP contribution in [0.3, 0.4) is 0 Å². The van der Waals surface area contributed by atoms with Crippen LogP contribution in [0.15, 0.2) is 56.2 Å². The van der Waals surface area contributed by atoms with Gasteiger partial charge in [-0.25, -0.2) is 4.79 Å².